The molecule has 2 heteroatoms. The van der Waals surface area contributed by atoms with E-state index in [0.29, 0.717) is 5.92 Å². The minimum absolute atomic E-state index is 0. The number of nitrogens with zero attached hydrogens (tertiary/aromatic N) is 1. The molecular weight excluding hydrogens is 290 g/mol. The van der Waals surface area contributed by atoms with Gasteiger partial charge in [-0.05, 0) is 18.1 Å². The van der Waals surface area contributed by atoms with Crippen molar-refractivity contribution in [3.05, 3.63) is 101 Å². The molecule has 1 nitrogen and oxygen atoms in total. The first-order valence-corrected chi connectivity index (χ1v) is 7.46. The summed E-state index contributed by atoms with van der Waals surface area (Å²) in [4.78, 5) is 0. The number of fused-ring (bicyclic) bond motifs is 2. The second-order valence-corrected chi connectivity index (χ2v) is 5.80. The standard InChI is InChI=1S/C20H18N.ClH/c1-15-9-11-16(12-10-15)20-18-7-3-2-6-17(18)14-21-13-5-4-8-19(20)21;/h2-13,20H,14H2,1H3;1H/q+1;/p-1. The van der Waals surface area contributed by atoms with Gasteiger partial charge in [0.05, 0.1) is 5.92 Å². The van der Waals surface area contributed by atoms with E-state index >= 15 is 0 Å². The van der Waals surface area contributed by atoms with Gasteiger partial charge in [-0.15, -0.1) is 0 Å². The summed E-state index contributed by atoms with van der Waals surface area (Å²) in [7, 11) is 0. The van der Waals surface area contributed by atoms with Crippen LogP contribution < -0.4 is 17.0 Å². The fourth-order valence-electron chi connectivity index (χ4n) is 3.31. The second kappa shape index (κ2) is 5.94. The molecule has 110 valence electrons. The zero-order valence-corrected chi connectivity index (χ0v) is 13.3. The van der Waals surface area contributed by atoms with Crippen molar-refractivity contribution >= 4 is 0 Å². The molecule has 3 aromatic rings. The second-order valence-electron chi connectivity index (χ2n) is 5.80. The Morgan fingerprint density at radius 2 is 1.59 bits per heavy atom. The number of benzene rings is 2. The van der Waals surface area contributed by atoms with Crippen LogP contribution in [0.1, 0.15) is 33.9 Å². The number of rotatable bonds is 1. The molecule has 22 heavy (non-hydrogen) atoms. The highest BCUT2D eigenvalue weighted by atomic mass is 35.5. The van der Waals surface area contributed by atoms with E-state index in [1.807, 2.05) is 0 Å². The van der Waals surface area contributed by atoms with Crippen LogP contribution in [0.2, 0.25) is 0 Å². The van der Waals surface area contributed by atoms with Crippen molar-refractivity contribution in [1.82, 2.24) is 0 Å². The minimum atomic E-state index is 0. The molecule has 1 aliphatic heterocycles. The smallest absolute Gasteiger partial charge is 0.193 e. The van der Waals surface area contributed by atoms with E-state index in [-0.39, 0.29) is 12.4 Å². The lowest BCUT2D eigenvalue weighted by Crippen LogP contribution is -3.00. The van der Waals surface area contributed by atoms with E-state index in [9.17, 15) is 0 Å². The molecule has 0 saturated heterocycles. The van der Waals surface area contributed by atoms with Crippen molar-refractivity contribution in [3.63, 3.8) is 0 Å². The molecule has 0 N–H and O–H groups in total. The Morgan fingerprint density at radius 3 is 2.41 bits per heavy atom. The third-order valence-corrected chi connectivity index (χ3v) is 4.39. The molecule has 0 fully saturated rings. The van der Waals surface area contributed by atoms with Gasteiger partial charge in [0.15, 0.2) is 18.4 Å². The molecule has 1 aliphatic rings. The average molecular weight is 308 g/mol. The fraction of sp³-hybridized carbons (Fsp3) is 0.150. The van der Waals surface area contributed by atoms with Crippen molar-refractivity contribution in [2.75, 3.05) is 0 Å². The molecule has 0 aliphatic carbocycles. The van der Waals surface area contributed by atoms with Gasteiger partial charge in [-0.2, -0.15) is 4.57 Å². The molecule has 2 aromatic carbocycles. The molecule has 2 heterocycles. The highest BCUT2D eigenvalue weighted by Gasteiger charge is 2.32. The van der Waals surface area contributed by atoms with Crippen LogP contribution in [-0.4, -0.2) is 0 Å². The lowest BCUT2D eigenvalue weighted by atomic mass is 9.82. The summed E-state index contributed by atoms with van der Waals surface area (Å²) in [5.41, 5.74) is 6.91. The van der Waals surface area contributed by atoms with Crippen LogP contribution in [0.4, 0.5) is 0 Å². The Kier molecular flexibility index (Phi) is 4.00. The van der Waals surface area contributed by atoms with Crippen LogP contribution in [0.15, 0.2) is 72.9 Å². The Balaban J connectivity index is 0.00000144. The topological polar surface area (TPSA) is 3.88 Å². The van der Waals surface area contributed by atoms with Gasteiger partial charge in [0.25, 0.3) is 0 Å². The van der Waals surface area contributed by atoms with Crippen LogP contribution in [0.5, 0.6) is 0 Å². The fourth-order valence-corrected chi connectivity index (χ4v) is 3.31. The molecule has 0 bridgehead atoms. The number of pyridine rings is 1. The van der Waals surface area contributed by atoms with Gasteiger partial charge in [-0.3, -0.25) is 0 Å². The van der Waals surface area contributed by atoms with Crippen molar-refractivity contribution in [1.29, 1.82) is 0 Å². The number of hydrogen-bond donors (Lipinski definition) is 0. The Morgan fingerprint density at radius 1 is 0.864 bits per heavy atom. The molecule has 0 radical (unpaired) electrons. The van der Waals surface area contributed by atoms with E-state index in [2.05, 4.69) is 84.4 Å². The number of aryl methyl sites for hydroxylation is 1. The highest BCUT2D eigenvalue weighted by molar-refractivity contribution is 5.44. The van der Waals surface area contributed by atoms with Crippen molar-refractivity contribution < 1.29 is 17.0 Å². The number of aromatic nitrogens is 1. The first-order chi connectivity index (χ1) is 10.3. The molecular formula is C20H18ClN. The van der Waals surface area contributed by atoms with Crippen LogP contribution in [-0.2, 0) is 6.54 Å². The van der Waals surface area contributed by atoms with Gasteiger partial charge in [-0.25, -0.2) is 0 Å². The molecule has 0 amide bonds. The van der Waals surface area contributed by atoms with Gasteiger partial charge in [-0.1, -0.05) is 60.2 Å². The van der Waals surface area contributed by atoms with Crippen molar-refractivity contribution in [2.24, 2.45) is 0 Å². The average Bonchev–Trinajstić information content (AvgIpc) is 2.53. The van der Waals surface area contributed by atoms with Crippen LogP contribution in [0.25, 0.3) is 0 Å². The number of hydrogen-bond acceptors (Lipinski definition) is 0. The first kappa shape index (κ1) is 14.8. The van der Waals surface area contributed by atoms with E-state index in [1.54, 1.807) is 0 Å². The maximum atomic E-state index is 2.37. The van der Waals surface area contributed by atoms with Crippen molar-refractivity contribution in [2.45, 2.75) is 19.4 Å². The molecule has 1 unspecified atom stereocenters. The van der Waals surface area contributed by atoms with Gasteiger partial charge in [0.1, 0.15) is 0 Å². The molecule has 1 atom stereocenters. The van der Waals surface area contributed by atoms with Gasteiger partial charge in [0.2, 0.25) is 0 Å². The Labute approximate surface area is 137 Å². The third kappa shape index (κ3) is 2.42. The van der Waals surface area contributed by atoms with Gasteiger partial charge < -0.3 is 12.4 Å². The summed E-state index contributed by atoms with van der Waals surface area (Å²) in [5.74, 6) is 0.330. The SMILES string of the molecule is Cc1ccc(C2c3ccccc3C[n+]3ccccc32)cc1.[Cl-]. The lowest BCUT2D eigenvalue weighted by molar-refractivity contribution is -0.698. The highest BCUT2D eigenvalue weighted by Crippen LogP contribution is 2.34. The third-order valence-electron chi connectivity index (χ3n) is 4.39. The zero-order chi connectivity index (χ0) is 14.2. The van der Waals surface area contributed by atoms with E-state index in [4.69, 9.17) is 0 Å². The molecule has 0 saturated carbocycles. The molecule has 0 spiro atoms. The Bertz CT molecular complexity index is 747. The zero-order valence-electron chi connectivity index (χ0n) is 12.5. The monoisotopic (exact) mass is 307 g/mol. The lowest BCUT2D eigenvalue weighted by Gasteiger charge is -2.24. The molecule has 4 rings (SSSR count). The summed E-state index contributed by atoms with van der Waals surface area (Å²) in [6.07, 6.45) is 2.19. The summed E-state index contributed by atoms with van der Waals surface area (Å²) in [5, 5.41) is 0. The van der Waals surface area contributed by atoms with E-state index in [0.717, 1.165) is 6.54 Å². The van der Waals surface area contributed by atoms with Crippen molar-refractivity contribution in [3.8, 4) is 0 Å². The summed E-state index contributed by atoms with van der Waals surface area (Å²) >= 11 is 0. The van der Waals surface area contributed by atoms with Crippen LogP contribution >= 0.6 is 0 Å². The van der Waals surface area contributed by atoms with Gasteiger partial charge >= 0.3 is 0 Å². The predicted molar refractivity (Wildman–Crippen MR) is 84.3 cm³/mol. The number of halogens is 1. The maximum absolute atomic E-state index is 2.37. The summed E-state index contributed by atoms with van der Waals surface area (Å²) in [6.45, 7) is 3.11. The van der Waals surface area contributed by atoms with Gasteiger partial charge in [0, 0.05) is 17.7 Å². The maximum Gasteiger partial charge on any atom is 0.193 e. The summed E-state index contributed by atoms with van der Waals surface area (Å²) < 4.78 is 2.37. The van der Waals surface area contributed by atoms with Crippen LogP contribution in [0, 0.1) is 6.92 Å². The van der Waals surface area contributed by atoms with Crippen LogP contribution in [0.3, 0.4) is 0 Å². The quantitative estimate of drug-likeness (QED) is 0.459. The Hall–Kier alpha value is -2.12. The van der Waals surface area contributed by atoms with E-state index in [1.165, 1.54) is 27.9 Å². The predicted octanol–water partition coefficient (Wildman–Crippen LogP) is 0.828. The largest absolute Gasteiger partial charge is 1.00 e. The molecule has 1 aromatic heterocycles. The summed E-state index contributed by atoms with van der Waals surface area (Å²) in [6, 6.07) is 24.3. The first-order valence-electron chi connectivity index (χ1n) is 7.46. The van der Waals surface area contributed by atoms with E-state index < -0.39 is 0 Å². The normalized spacial score (nSPS) is 15.4. The minimum Gasteiger partial charge on any atom is -1.00 e.